The van der Waals surface area contributed by atoms with Crippen LogP contribution in [0.25, 0.3) is 0 Å². The van der Waals surface area contributed by atoms with E-state index in [1.54, 1.807) is 0 Å². The van der Waals surface area contributed by atoms with Gasteiger partial charge in [0, 0.05) is 12.8 Å². The zero-order valence-corrected chi connectivity index (χ0v) is 15.7. The fraction of sp³-hybridized carbons (Fsp3) is 0.846. The monoisotopic (exact) mass is 466 g/mol. The molecule has 29 heavy (non-hydrogen) atoms. The van der Waals surface area contributed by atoms with Gasteiger partial charge in [0.15, 0.2) is 0 Å². The Morgan fingerprint density at radius 2 is 1.52 bits per heavy atom. The molecule has 0 bridgehead atoms. The number of alkyl halides is 7. The van der Waals surface area contributed by atoms with Gasteiger partial charge in [-0.2, -0.15) is 39.2 Å². The van der Waals surface area contributed by atoms with Crippen LogP contribution in [0, 0.1) is 0 Å². The van der Waals surface area contributed by atoms with Crippen molar-refractivity contribution in [2.75, 3.05) is 13.2 Å². The first-order valence-corrected chi connectivity index (χ1v) is 9.16. The number of rotatable bonds is 11. The summed E-state index contributed by atoms with van der Waals surface area (Å²) in [6, 6.07) is 0. The van der Waals surface area contributed by atoms with Gasteiger partial charge < -0.3 is 14.2 Å². The molecule has 0 heterocycles. The Balaban J connectivity index is 5.54. The highest BCUT2D eigenvalue weighted by Gasteiger charge is 2.68. The molecule has 0 rings (SSSR count). The number of halogens is 7. The Morgan fingerprint density at radius 3 is 1.90 bits per heavy atom. The van der Waals surface area contributed by atoms with Gasteiger partial charge in [0.25, 0.3) is 0 Å². The molecule has 0 amide bonds. The second kappa shape index (κ2) is 9.42. The zero-order chi connectivity index (χ0) is 23.3. The van der Waals surface area contributed by atoms with Crippen molar-refractivity contribution in [2.45, 2.75) is 56.3 Å². The second-order valence-electron chi connectivity index (χ2n) is 5.31. The van der Waals surface area contributed by atoms with Crippen LogP contribution in [0.2, 0.25) is 0 Å². The Morgan fingerprint density at radius 1 is 1.00 bits per heavy atom. The van der Waals surface area contributed by atoms with Crippen LogP contribution in [0.1, 0.15) is 33.1 Å². The summed E-state index contributed by atoms with van der Waals surface area (Å²) < 4.78 is 134. The van der Waals surface area contributed by atoms with Crippen LogP contribution >= 0.6 is 0 Å². The van der Waals surface area contributed by atoms with Crippen molar-refractivity contribution in [1.29, 1.82) is 0 Å². The molecule has 1 N–H and O–H groups in total. The molecule has 0 aliphatic carbocycles. The predicted octanol–water partition coefficient (Wildman–Crippen LogP) is 2.67. The maximum absolute atomic E-state index is 13.4. The molecule has 172 valence electrons. The number of ether oxygens (including phenoxy) is 3. The van der Waals surface area contributed by atoms with Crippen LogP contribution in [-0.2, 0) is 33.9 Å². The highest BCUT2D eigenvalue weighted by Crippen LogP contribution is 2.42. The van der Waals surface area contributed by atoms with Crippen LogP contribution < -0.4 is 0 Å². The highest BCUT2D eigenvalue weighted by molar-refractivity contribution is 7.87. The third-order valence-corrected chi connectivity index (χ3v) is 4.10. The fourth-order valence-electron chi connectivity index (χ4n) is 1.69. The summed E-state index contributed by atoms with van der Waals surface area (Å²) >= 11 is 0. The average molecular weight is 466 g/mol. The van der Waals surface area contributed by atoms with E-state index in [9.17, 15) is 48.7 Å². The summed E-state index contributed by atoms with van der Waals surface area (Å²) in [4.78, 5) is 23.0. The van der Waals surface area contributed by atoms with Gasteiger partial charge in [-0.1, -0.05) is 6.92 Å². The Kier molecular flexibility index (Phi) is 8.88. The van der Waals surface area contributed by atoms with Crippen LogP contribution in [0.5, 0.6) is 0 Å². The first kappa shape index (κ1) is 27.3. The van der Waals surface area contributed by atoms with Gasteiger partial charge in [0.1, 0.15) is 0 Å². The van der Waals surface area contributed by atoms with Crippen LogP contribution in [0.4, 0.5) is 30.7 Å². The molecule has 16 heteroatoms. The lowest BCUT2D eigenvalue weighted by Crippen LogP contribution is -2.58. The van der Waals surface area contributed by atoms with E-state index in [0.29, 0.717) is 0 Å². The molecule has 0 aromatic heterocycles. The predicted molar refractivity (Wildman–Crippen MR) is 78.4 cm³/mol. The lowest BCUT2D eigenvalue weighted by atomic mass is 10.2. The molecule has 0 aliphatic rings. The van der Waals surface area contributed by atoms with E-state index in [0.717, 1.165) is 13.8 Å². The van der Waals surface area contributed by atoms with Crippen molar-refractivity contribution in [1.82, 2.24) is 0 Å². The smallest absolute Gasteiger partial charge is 0.461 e. The zero-order valence-electron chi connectivity index (χ0n) is 14.9. The summed E-state index contributed by atoms with van der Waals surface area (Å²) in [5, 5.41) is -5.93. The van der Waals surface area contributed by atoms with E-state index >= 15 is 0 Å². The number of carbonyl (C=O) groups excluding carboxylic acids is 2. The van der Waals surface area contributed by atoms with Gasteiger partial charge in [-0.15, -0.1) is 0 Å². The molecular weight excluding hydrogens is 449 g/mol. The summed E-state index contributed by atoms with van der Waals surface area (Å²) in [6.45, 7) is 0.0278. The molecule has 1 unspecified atom stereocenters. The van der Waals surface area contributed by atoms with Crippen molar-refractivity contribution in [2.24, 2.45) is 0 Å². The van der Waals surface area contributed by atoms with Crippen LogP contribution in [-0.4, -0.2) is 61.3 Å². The van der Waals surface area contributed by atoms with Crippen molar-refractivity contribution in [3.8, 4) is 0 Å². The maximum Gasteiger partial charge on any atom is 0.468 e. The van der Waals surface area contributed by atoms with Crippen molar-refractivity contribution in [3.63, 3.8) is 0 Å². The van der Waals surface area contributed by atoms with E-state index in [2.05, 4.69) is 14.2 Å². The van der Waals surface area contributed by atoms with Crippen molar-refractivity contribution in [3.05, 3.63) is 0 Å². The molecule has 0 aliphatic heterocycles. The van der Waals surface area contributed by atoms with Crippen LogP contribution in [0.15, 0.2) is 0 Å². The minimum atomic E-state index is -6.54. The first-order valence-electron chi connectivity index (χ1n) is 7.72. The number of esters is 2. The molecule has 0 aromatic carbocycles. The molecular formula is C13H17F7O8S. The lowest BCUT2D eigenvalue weighted by molar-refractivity contribution is -0.356. The number of carbonyl (C=O) groups is 2. The highest BCUT2D eigenvalue weighted by atomic mass is 32.2. The van der Waals surface area contributed by atoms with E-state index in [1.807, 2.05) is 0 Å². The SMILES string of the molecule is CCOC(=O)C(OCCCC(F)(F)C(F)(F)S(=O)(=O)O)(OC(=O)CC)C(F)(F)F. The molecule has 0 fully saturated rings. The maximum atomic E-state index is 13.4. The van der Waals surface area contributed by atoms with Crippen molar-refractivity contribution < 1.29 is 67.5 Å². The first-order chi connectivity index (χ1) is 12.9. The second-order valence-corrected chi connectivity index (χ2v) is 6.77. The third-order valence-electron chi connectivity index (χ3n) is 3.15. The van der Waals surface area contributed by atoms with Crippen molar-refractivity contribution >= 4 is 22.1 Å². The summed E-state index contributed by atoms with van der Waals surface area (Å²) in [7, 11) is -6.54. The van der Waals surface area contributed by atoms with Gasteiger partial charge in [-0.05, 0) is 13.3 Å². The normalized spacial score (nSPS) is 15.5. The number of hydrogen-bond acceptors (Lipinski definition) is 7. The number of hydrogen-bond donors (Lipinski definition) is 1. The largest absolute Gasteiger partial charge is 0.468 e. The summed E-state index contributed by atoms with van der Waals surface area (Å²) in [5.41, 5.74) is 0. The third kappa shape index (κ3) is 6.15. The minimum Gasteiger partial charge on any atom is -0.461 e. The van der Waals surface area contributed by atoms with Gasteiger partial charge in [0.05, 0.1) is 13.2 Å². The average Bonchev–Trinajstić information content (AvgIpc) is 2.55. The summed E-state index contributed by atoms with van der Waals surface area (Å²) in [5.74, 6) is -13.6. The molecule has 0 saturated heterocycles. The van der Waals surface area contributed by atoms with Gasteiger partial charge in [-0.25, -0.2) is 4.79 Å². The Hall–Kier alpha value is -1.68. The standard InChI is InChI=1S/C13H17F7O8S/c1-3-8(21)28-11(12(16,17)18,9(22)26-4-2)27-7-5-6-10(14,15)13(19,20)29(23,24)25/h3-7H2,1-2H3,(H,23,24,25). The van der Waals surface area contributed by atoms with E-state index in [-0.39, 0.29) is 0 Å². The van der Waals surface area contributed by atoms with Gasteiger partial charge >= 0.3 is 45.2 Å². The minimum absolute atomic E-state index is 0.623. The lowest BCUT2D eigenvalue weighted by Gasteiger charge is -2.32. The topological polar surface area (TPSA) is 116 Å². The molecule has 0 spiro atoms. The van der Waals surface area contributed by atoms with E-state index in [4.69, 9.17) is 4.55 Å². The van der Waals surface area contributed by atoms with E-state index < -0.39 is 77.7 Å². The van der Waals surface area contributed by atoms with Crippen LogP contribution in [0.3, 0.4) is 0 Å². The molecule has 0 saturated carbocycles. The molecule has 0 radical (unpaired) electrons. The molecule has 1 atom stereocenters. The molecule has 8 nitrogen and oxygen atoms in total. The van der Waals surface area contributed by atoms with Gasteiger partial charge in [0.2, 0.25) is 0 Å². The van der Waals surface area contributed by atoms with Gasteiger partial charge in [-0.3, -0.25) is 9.35 Å². The Labute approximate surface area is 160 Å². The Bertz CT molecular complexity index is 692. The summed E-state index contributed by atoms with van der Waals surface area (Å²) in [6.07, 6.45) is -9.83. The molecule has 0 aromatic rings. The quantitative estimate of drug-likeness (QED) is 0.163. The fourth-order valence-corrected chi connectivity index (χ4v) is 2.17. The van der Waals surface area contributed by atoms with E-state index in [1.165, 1.54) is 0 Å².